The monoisotopic (exact) mass is 369 g/mol. The minimum absolute atomic E-state index is 0.0302. The van der Waals surface area contributed by atoms with Gasteiger partial charge in [-0.05, 0) is 50.2 Å². The summed E-state index contributed by atoms with van der Waals surface area (Å²) in [7, 11) is -3.66. The zero-order valence-corrected chi connectivity index (χ0v) is 15.7. The molecule has 1 N–H and O–H groups in total. The minimum Gasteiger partial charge on any atom is -0.490 e. The maximum atomic E-state index is 13.9. The van der Waals surface area contributed by atoms with Crippen LogP contribution in [-0.2, 0) is 10.0 Å². The molecule has 2 aliphatic carbocycles. The summed E-state index contributed by atoms with van der Waals surface area (Å²) in [6, 6.07) is 3.81. The number of rotatable bonds is 11. The second kappa shape index (κ2) is 7.62. The third-order valence-electron chi connectivity index (χ3n) is 5.10. The minimum atomic E-state index is -3.66. The van der Waals surface area contributed by atoms with E-state index in [9.17, 15) is 12.8 Å². The van der Waals surface area contributed by atoms with Crippen molar-refractivity contribution in [1.82, 2.24) is 4.72 Å². The van der Waals surface area contributed by atoms with E-state index < -0.39 is 15.8 Å². The van der Waals surface area contributed by atoms with Crippen molar-refractivity contribution in [2.24, 2.45) is 5.92 Å². The Morgan fingerprint density at radius 3 is 2.64 bits per heavy atom. The Balaban J connectivity index is 1.64. The fourth-order valence-corrected chi connectivity index (χ4v) is 4.55. The van der Waals surface area contributed by atoms with Gasteiger partial charge in [0.1, 0.15) is 0 Å². The highest BCUT2D eigenvalue weighted by Crippen LogP contribution is 2.41. The van der Waals surface area contributed by atoms with E-state index in [4.69, 9.17) is 4.74 Å². The van der Waals surface area contributed by atoms with Crippen molar-refractivity contribution in [2.45, 2.75) is 75.1 Å². The molecule has 0 spiro atoms. The highest BCUT2D eigenvalue weighted by molar-refractivity contribution is 7.89. The lowest BCUT2D eigenvalue weighted by atomic mass is 10.1. The zero-order valence-electron chi connectivity index (χ0n) is 14.9. The number of hydrogen-bond donors (Lipinski definition) is 1. The van der Waals surface area contributed by atoms with Gasteiger partial charge < -0.3 is 4.74 Å². The van der Waals surface area contributed by atoms with Gasteiger partial charge in [0, 0.05) is 11.6 Å². The molecule has 2 fully saturated rings. The summed E-state index contributed by atoms with van der Waals surface area (Å²) >= 11 is 0. The molecule has 0 saturated heterocycles. The normalized spacial score (nSPS) is 19.0. The molecule has 140 valence electrons. The van der Waals surface area contributed by atoms with Crippen LogP contribution in [0.4, 0.5) is 4.39 Å². The van der Waals surface area contributed by atoms with E-state index >= 15 is 0 Å². The van der Waals surface area contributed by atoms with E-state index in [2.05, 4.69) is 11.6 Å². The number of ether oxygens (including phenoxy) is 1. The number of unbranched alkanes of at least 4 members (excludes halogenated alkanes) is 3. The summed E-state index contributed by atoms with van der Waals surface area (Å²) in [5, 5.41) is 0. The Hall–Kier alpha value is -1.14. The largest absolute Gasteiger partial charge is 0.490 e. The molecule has 0 unspecified atom stereocenters. The van der Waals surface area contributed by atoms with Crippen LogP contribution >= 0.6 is 0 Å². The van der Waals surface area contributed by atoms with Gasteiger partial charge in [-0.25, -0.2) is 17.5 Å². The molecule has 4 nitrogen and oxygen atoms in total. The SMILES string of the molecule is CCCCCCC1(NS(=O)(=O)c2ccc(F)c(OCC3CC3)c2)CC1. The summed E-state index contributed by atoms with van der Waals surface area (Å²) in [5.74, 6) is -0.00138. The van der Waals surface area contributed by atoms with E-state index in [0.29, 0.717) is 12.5 Å². The summed E-state index contributed by atoms with van der Waals surface area (Å²) in [6.45, 7) is 2.61. The standard InChI is InChI=1S/C19H28FNO3S/c1-2-3-4-5-10-19(11-12-19)21-25(22,23)16-8-9-17(20)18(13-16)24-14-15-6-7-15/h8-9,13,15,21H,2-7,10-12,14H2,1H3. The first-order chi connectivity index (χ1) is 11.9. The van der Waals surface area contributed by atoms with Crippen molar-refractivity contribution in [3.8, 4) is 5.75 Å². The molecule has 3 rings (SSSR count). The Morgan fingerprint density at radius 2 is 2.00 bits per heavy atom. The van der Waals surface area contributed by atoms with Crippen LogP contribution in [0.25, 0.3) is 0 Å². The predicted molar refractivity (Wildman–Crippen MR) is 95.7 cm³/mol. The van der Waals surface area contributed by atoms with Crippen LogP contribution in [0.1, 0.15) is 64.7 Å². The molecule has 25 heavy (non-hydrogen) atoms. The highest BCUT2D eigenvalue weighted by atomic mass is 32.2. The molecule has 0 aliphatic heterocycles. The van der Waals surface area contributed by atoms with Gasteiger partial charge in [-0.15, -0.1) is 0 Å². The maximum Gasteiger partial charge on any atom is 0.241 e. The molecule has 0 bridgehead atoms. The molecule has 2 saturated carbocycles. The average molecular weight is 370 g/mol. The zero-order chi connectivity index (χ0) is 17.9. The first-order valence-electron chi connectivity index (χ1n) is 9.40. The van der Waals surface area contributed by atoms with Gasteiger partial charge >= 0.3 is 0 Å². The lowest BCUT2D eigenvalue weighted by Gasteiger charge is -2.18. The average Bonchev–Trinajstić information content (AvgIpc) is 3.48. The van der Waals surface area contributed by atoms with Crippen molar-refractivity contribution in [1.29, 1.82) is 0 Å². The van der Waals surface area contributed by atoms with E-state index in [-0.39, 0.29) is 16.2 Å². The number of hydrogen-bond acceptors (Lipinski definition) is 3. The lowest BCUT2D eigenvalue weighted by molar-refractivity contribution is 0.284. The smallest absolute Gasteiger partial charge is 0.241 e. The van der Waals surface area contributed by atoms with E-state index in [1.807, 2.05) is 0 Å². The molecule has 0 atom stereocenters. The fraction of sp³-hybridized carbons (Fsp3) is 0.684. The lowest BCUT2D eigenvalue weighted by Crippen LogP contribution is -2.36. The molecule has 0 amide bonds. The summed E-state index contributed by atoms with van der Waals surface area (Å²) in [6.07, 6.45) is 9.35. The molecule has 2 aliphatic rings. The van der Waals surface area contributed by atoms with Crippen LogP contribution in [0, 0.1) is 11.7 Å². The second-order valence-corrected chi connectivity index (χ2v) is 9.23. The van der Waals surface area contributed by atoms with Gasteiger partial charge in [0.15, 0.2) is 11.6 Å². The van der Waals surface area contributed by atoms with Gasteiger partial charge in [0.2, 0.25) is 10.0 Å². The van der Waals surface area contributed by atoms with Crippen LogP contribution in [-0.4, -0.2) is 20.6 Å². The third kappa shape index (κ3) is 5.17. The van der Waals surface area contributed by atoms with Crippen LogP contribution in [0.3, 0.4) is 0 Å². The molecular formula is C19H28FNO3S. The fourth-order valence-electron chi connectivity index (χ4n) is 3.04. The van der Waals surface area contributed by atoms with Crippen LogP contribution in [0.5, 0.6) is 5.75 Å². The third-order valence-corrected chi connectivity index (χ3v) is 6.67. The topological polar surface area (TPSA) is 55.4 Å². The Morgan fingerprint density at radius 1 is 1.24 bits per heavy atom. The summed E-state index contributed by atoms with van der Waals surface area (Å²) in [4.78, 5) is 0.0829. The van der Waals surface area contributed by atoms with Crippen LogP contribution < -0.4 is 9.46 Å². The van der Waals surface area contributed by atoms with Crippen molar-refractivity contribution >= 4 is 10.0 Å². The Labute approximate surface area is 150 Å². The first-order valence-corrected chi connectivity index (χ1v) is 10.9. The second-order valence-electron chi connectivity index (χ2n) is 7.54. The van der Waals surface area contributed by atoms with Crippen molar-refractivity contribution < 1.29 is 17.5 Å². The van der Waals surface area contributed by atoms with Crippen molar-refractivity contribution in [3.05, 3.63) is 24.0 Å². The van der Waals surface area contributed by atoms with Crippen molar-refractivity contribution in [3.63, 3.8) is 0 Å². The van der Waals surface area contributed by atoms with Crippen molar-refractivity contribution in [2.75, 3.05) is 6.61 Å². The summed E-state index contributed by atoms with van der Waals surface area (Å²) in [5.41, 5.74) is -0.296. The molecule has 0 radical (unpaired) electrons. The number of sulfonamides is 1. The van der Waals surface area contributed by atoms with Crippen LogP contribution in [0.2, 0.25) is 0 Å². The Kier molecular flexibility index (Phi) is 5.68. The van der Waals surface area contributed by atoms with E-state index in [1.54, 1.807) is 0 Å². The highest BCUT2D eigenvalue weighted by Gasteiger charge is 2.45. The van der Waals surface area contributed by atoms with E-state index in [0.717, 1.165) is 51.4 Å². The van der Waals surface area contributed by atoms with Gasteiger partial charge in [0.25, 0.3) is 0 Å². The molecule has 6 heteroatoms. The molecule has 0 aromatic heterocycles. The first kappa shape index (κ1) is 18.6. The quantitative estimate of drug-likeness (QED) is 0.588. The molecule has 1 aromatic rings. The Bertz CT molecular complexity index is 697. The number of nitrogens with one attached hydrogen (secondary N) is 1. The van der Waals surface area contributed by atoms with Gasteiger partial charge in [0.05, 0.1) is 11.5 Å². The molecular weight excluding hydrogens is 341 g/mol. The molecule has 1 aromatic carbocycles. The number of benzene rings is 1. The van der Waals surface area contributed by atoms with E-state index in [1.165, 1.54) is 24.6 Å². The maximum absolute atomic E-state index is 13.9. The van der Waals surface area contributed by atoms with Gasteiger partial charge in [-0.1, -0.05) is 32.6 Å². The predicted octanol–water partition coefficient (Wildman–Crippen LogP) is 4.40. The molecule has 0 heterocycles. The number of halogens is 1. The van der Waals surface area contributed by atoms with Gasteiger partial charge in [-0.2, -0.15) is 0 Å². The van der Waals surface area contributed by atoms with Crippen LogP contribution in [0.15, 0.2) is 23.1 Å². The summed E-state index contributed by atoms with van der Waals surface area (Å²) < 4.78 is 47.6. The van der Waals surface area contributed by atoms with Gasteiger partial charge in [-0.3, -0.25) is 0 Å².